The highest BCUT2D eigenvalue weighted by molar-refractivity contribution is 5.17. The summed E-state index contributed by atoms with van der Waals surface area (Å²) in [7, 11) is 0. The molecule has 0 aromatic carbocycles. The summed E-state index contributed by atoms with van der Waals surface area (Å²) < 4.78 is 0. The average Bonchev–Trinajstić information content (AvgIpc) is 2.41. The van der Waals surface area contributed by atoms with Gasteiger partial charge in [-0.05, 0) is 12.3 Å². The first-order valence-corrected chi connectivity index (χ1v) is 4.35. The van der Waals surface area contributed by atoms with E-state index in [0.717, 1.165) is 6.42 Å². The van der Waals surface area contributed by atoms with Gasteiger partial charge < -0.3 is 0 Å². The Morgan fingerprint density at radius 2 is 2.17 bits per heavy atom. The minimum absolute atomic E-state index is 0.103. The zero-order valence-corrected chi connectivity index (χ0v) is 7.36. The summed E-state index contributed by atoms with van der Waals surface area (Å²) >= 11 is 0. The van der Waals surface area contributed by atoms with Crippen LogP contribution in [0.4, 0.5) is 0 Å². The average molecular weight is 167 g/mol. The number of nitrogens with zero attached hydrogens (tertiary/aromatic N) is 1. The summed E-state index contributed by atoms with van der Waals surface area (Å²) in [4.78, 5) is 10.7. The minimum Gasteiger partial charge on any atom is -0.264 e. The van der Waals surface area contributed by atoms with Crippen LogP contribution in [0.15, 0.2) is 12.2 Å². The molecule has 1 fully saturated rings. The largest absolute Gasteiger partial charge is 0.264 e. The van der Waals surface area contributed by atoms with Gasteiger partial charge in [0, 0.05) is 16.3 Å². The lowest BCUT2D eigenvalue weighted by Gasteiger charge is -2.28. The van der Waals surface area contributed by atoms with Crippen LogP contribution in [0.5, 0.6) is 0 Å². The molecule has 0 amide bonds. The van der Waals surface area contributed by atoms with Gasteiger partial charge in [0.05, 0.1) is 0 Å². The molecule has 66 valence electrons. The Hall–Kier alpha value is -0.860. The number of nitro groups is 1. The fourth-order valence-corrected chi connectivity index (χ4v) is 2.71. The van der Waals surface area contributed by atoms with Gasteiger partial charge in [-0.2, -0.15) is 0 Å². The van der Waals surface area contributed by atoms with Gasteiger partial charge in [0.25, 0.3) is 0 Å². The van der Waals surface area contributed by atoms with Gasteiger partial charge in [-0.15, -0.1) is 0 Å². The van der Waals surface area contributed by atoms with Gasteiger partial charge >= 0.3 is 0 Å². The Morgan fingerprint density at radius 3 is 2.50 bits per heavy atom. The van der Waals surface area contributed by atoms with Gasteiger partial charge in [0.15, 0.2) is 0 Å². The van der Waals surface area contributed by atoms with Crippen LogP contribution in [0.2, 0.25) is 0 Å². The van der Waals surface area contributed by atoms with E-state index in [0.29, 0.717) is 5.92 Å². The molecule has 3 heteroatoms. The molecule has 3 unspecified atom stereocenters. The van der Waals surface area contributed by atoms with Gasteiger partial charge in [0.1, 0.15) is 0 Å². The lowest BCUT2D eigenvalue weighted by atomic mass is 9.76. The zero-order valence-electron chi connectivity index (χ0n) is 7.36. The molecule has 2 aliphatic rings. The van der Waals surface area contributed by atoms with Crippen LogP contribution in [-0.4, -0.2) is 11.0 Å². The van der Waals surface area contributed by atoms with E-state index in [-0.39, 0.29) is 22.3 Å². The third-order valence-electron chi connectivity index (χ3n) is 3.47. The van der Waals surface area contributed by atoms with Crippen LogP contribution < -0.4 is 0 Å². The number of allylic oxidation sites excluding steroid dienone is 1. The molecular weight excluding hydrogens is 154 g/mol. The molecule has 0 radical (unpaired) electrons. The van der Waals surface area contributed by atoms with Crippen molar-refractivity contribution in [1.82, 2.24) is 0 Å². The monoisotopic (exact) mass is 167 g/mol. The predicted molar refractivity (Wildman–Crippen MR) is 45.3 cm³/mol. The van der Waals surface area contributed by atoms with E-state index in [2.05, 4.69) is 6.08 Å². The Labute approximate surface area is 71.6 Å². The van der Waals surface area contributed by atoms with Crippen molar-refractivity contribution in [2.45, 2.75) is 26.3 Å². The first kappa shape index (κ1) is 7.77. The third-order valence-corrected chi connectivity index (χ3v) is 3.47. The predicted octanol–water partition coefficient (Wildman–Crippen LogP) is 1.86. The first-order valence-electron chi connectivity index (χ1n) is 4.35. The molecule has 0 saturated heterocycles. The van der Waals surface area contributed by atoms with Crippen LogP contribution >= 0.6 is 0 Å². The molecule has 0 spiro atoms. The number of rotatable bonds is 1. The zero-order chi connectivity index (χ0) is 8.93. The highest BCUT2D eigenvalue weighted by atomic mass is 16.6. The van der Waals surface area contributed by atoms with Crippen molar-refractivity contribution in [1.29, 1.82) is 0 Å². The van der Waals surface area contributed by atoms with Crippen LogP contribution in [0.3, 0.4) is 0 Å². The normalized spacial score (nSPS) is 42.0. The van der Waals surface area contributed by atoms with Gasteiger partial charge in [-0.25, -0.2) is 0 Å². The second kappa shape index (κ2) is 2.09. The maximum atomic E-state index is 10.8. The highest BCUT2D eigenvalue weighted by Gasteiger charge is 2.57. The van der Waals surface area contributed by atoms with Gasteiger partial charge in [0.2, 0.25) is 6.04 Å². The van der Waals surface area contributed by atoms with Crippen molar-refractivity contribution < 1.29 is 4.92 Å². The van der Waals surface area contributed by atoms with Crippen molar-refractivity contribution in [3.05, 3.63) is 22.3 Å². The molecule has 3 nitrogen and oxygen atoms in total. The second-order valence-electron chi connectivity index (χ2n) is 4.44. The smallest absolute Gasteiger partial charge is 0.224 e. The second-order valence-corrected chi connectivity index (χ2v) is 4.44. The molecule has 0 aromatic rings. The van der Waals surface area contributed by atoms with E-state index in [1.54, 1.807) is 0 Å². The molecule has 2 aliphatic carbocycles. The topological polar surface area (TPSA) is 43.1 Å². The van der Waals surface area contributed by atoms with Crippen molar-refractivity contribution in [2.75, 3.05) is 0 Å². The maximum Gasteiger partial charge on any atom is 0.224 e. The van der Waals surface area contributed by atoms with Crippen LogP contribution in [0, 0.1) is 27.4 Å². The summed E-state index contributed by atoms with van der Waals surface area (Å²) in [5, 5.41) is 10.8. The molecular formula is C9H13NO2. The summed E-state index contributed by atoms with van der Waals surface area (Å²) in [6.45, 7) is 4.02. The van der Waals surface area contributed by atoms with E-state index in [9.17, 15) is 10.1 Å². The molecule has 0 heterocycles. The van der Waals surface area contributed by atoms with E-state index >= 15 is 0 Å². The molecule has 2 rings (SSSR count). The summed E-state index contributed by atoms with van der Waals surface area (Å²) in [5.41, 5.74) is -0.136. The molecule has 0 aromatic heterocycles. The number of hydrogen-bond donors (Lipinski definition) is 0. The molecule has 0 aliphatic heterocycles. The Kier molecular flexibility index (Phi) is 1.35. The molecule has 0 N–H and O–H groups in total. The summed E-state index contributed by atoms with van der Waals surface area (Å²) in [5.74, 6) is 0.623. The fraction of sp³-hybridized carbons (Fsp3) is 0.778. The fourth-order valence-electron chi connectivity index (χ4n) is 2.71. The van der Waals surface area contributed by atoms with Crippen molar-refractivity contribution in [2.24, 2.45) is 17.3 Å². The standard InChI is InChI=1S/C9H13NO2/c1-9(2)7-4-3-6(5-7)8(9)10(11)12/h3-4,6-8H,5H2,1-2H3. The Balaban J connectivity index is 2.36. The lowest BCUT2D eigenvalue weighted by molar-refractivity contribution is -0.543. The quantitative estimate of drug-likeness (QED) is 0.340. The summed E-state index contributed by atoms with van der Waals surface area (Å²) in [6.07, 6.45) is 5.15. The minimum atomic E-state index is -0.354. The third kappa shape index (κ3) is 0.765. The van der Waals surface area contributed by atoms with E-state index in [4.69, 9.17) is 0 Å². The highest BCUT2D eigenvalue weighted by Crippen LogP contribution is 2.52. The number of fused-ring (bicyclic) bond motifs is 2. The maximum absolute atomic E-state index is 10.8. The Bertz CT molecular complexity index is 257. The van der Waals surface area contributed by atoms with Crippen molar-refractivity contribution >= 4 is 0 Å². The number of hydrogen-bond acceptors (Lipinski definition) is 2. The van der Waals surface area contributed by atoms with Crippen molar-refractivity contribution in [3.8, 4) is 0 Å². The van der Waals surface area contributed by atoms with Gasteiger partial charge in [-0.1, -0.05) is 26.0 Å². The van der Waals surface area contributed by atoms with Gasteiger partial charge in [-0.3, -0.25) is 10.1 Å². The molecule has 2 bridgehead atoms. The molecule has 1 saturated carbocycles. The summed E-state index contributed by atoms with van der Waals surface area (Å²) in [6, 6.07) is -0.354. The van der Waals surface area contributed by atoms with E-state index in [1.807, 2.05) is 19.9 Å². The van der Waals surface area contributed by atoms with Crippen LogP contribution in [-0.2, 0) is 0 Å². The SMILES string of the molecule is CC1(C)C2C=CC(C2)C1[N+](=O)[O-]. The molecule has 3 atom stereocenters. The Morgan fingerprint density at radius 1 is 1.50 bits per heavy atom. The van der Waals surface area contributed by atoms with E-state index < -0.39 is 0 Å². The van der Waals surface area contributed by atoms with Crippen molar-refractivity contribution in [3.63, 3.8) is 0 Å². The lowest BCUT2D eigenvalue weighted by Crippen LogP contribution is -2.39. The van der Waals surface area contributed by atoms with E-state index in [1.165, 1.54) is 0 Å². The molecule has 12 heavy (non-hydrogen) atoms. The van der Waals surface area contributed by atoms with Crippen LogP contribution in [0.1, 0.15) is 20.3 Å². The van der Waals surface area contributed by atoms with Crippen LogP contribution in [0.25, 0.3) is 0 Å². The first-order chi connectivity index (χ1) is 5.53.